The Labute approximate surface area is 117 Å². The van der Waals surface area contributed by atoms with Crippen LogP contribution in [0.3, 0.4) is 0 Å². The Hall–Kier alpha value is -2.48. The number of benzene rings is 1. The largest absolute Gasteiger partial charge is 0.478 e. The Balaban J connectivity index is 2.13. The lowest BCUT2D eigenvalue weighted by atomic mass is 10.1. The summed E-state index contributed by atoms with van der Waals surface area (Å²) >= 11 is 1.21. The van der Waals surface area contributed by atoms with Crippen molar-refractivity contribution in [2.24, 2.45) is 0 Å². The number of carbonyl (C=O) groups excluding carboxylic acids is 1. The fraction of sp³-hybridized carbons (Fsp3) is 0.0833. The van der Waals surface area contributed by atoms with E-state index in [1.54, 1.807) is 5.38 Å². The first-order valence-electron chi connectivity index (χ1n) is 5.48. The van der Waals surface area contributed by atoms with Crippen LogP contribution < -0.4 is 11.1 Å². The van der Waals surface area contributed by atoms with Crippen molar-refractivity contribution >= 4 is 34.0 Å². The maximum atomic E-state index is 13.0. The minimum absolute atomic E-state index is 0.0344. The quantitative estimate of drug-likeness (QED) is 0.796. The number of hydrogen-bond acceptors (Lipinski definition) is 5. The summed E-state index contributed by atoms with van der Waals surface area (Å²) in [7, 11) is 0. The molecule has 1 aromatic carbocycles. The van der Waals surface area contributed by atoms with Gasteiger partial charge in [0.05, 0.1) is 23.4 Å². The number of rotatable bonds is 4. The molecule has 0 saturated carbocycles. The van der Waals surface area contributed by atoms with E-state index in [4.69, 9.17) is 10.8 Å². The second-order valence-corrected chi connectivity index (χ2v) is 4.79. The molecule has 1 amide bonds. The van der Waals surface area contributed by atoms with E-state index in [-0.39, 0.29) is 17.7 Å². The molecule has 0 spiro atoms. The Kier molecular flexibility index (Phi) is 3.94. The zero-order chi connectivity index (χ0) is 14.7. The number of nitrogens with one attached hydrogen (secondary N) is 1. The number of carbonyl (C=O) groups is 2. The molecule has 0 aliphatic heterocycles. The molecule has 6 nitrogen and oxygen atoms in total. The zero-order valence-electron chi connectivity index (χ0n) is 10.1. The second kappa shape index (κ2) is 5.66. The number of amides is 1. The van der Waals surface area contributed by atoms with E-state index in [2.05, 4.69) is 10.3 Å². The number of nitrogens with zero attached hydrogens (tertiary/aromatic N) is 1. The van der Waals surface area contributed by atoms with Crippen LogP contribution in [0.15, 0.2) is 23.6 Å². The summed E-state index contributed by atoms with van der Waals surface area (Å²) in [6.45, 7) is 0. The lowest BCUT2D eigenvalue weighted by Gasteiger charge is -2.07. The highest BCUT2D eigenvalue weighted by atomic mass is 32.1. The average Bonchev–Trinajstić information content (AvgIpc) is 2.76. The van der Waals surface area contributed by atoms with E-state index in [9.17, 15) is 14.0 Å². The molecular formula is C12H10FN3O3S. The van der Waals surface area contributed by atoms with Crippen molar-refractivity contribution in [3.63, 3.8) is 0 Å². The molecule has 8 heteroatoms. The molecule has 2 rings (SSSR count). The van der Waals surface area contributed by atoms with Crippen molar-refractivity contribution in [1.29, 1.82) is 0 Å². The van der Waals surface area contributed by atoms with Crippen LogP contribution in [-0.4, -0.2) is 22.0 Å². The highest BCUT2D eigenvalue weighted by Crippen LogP contribution is 2.18. The minimum Gasteiger partial charge on any atom is -0.478 e. The fourth-order valence-corrected chi connectivity index (χ4v) is 2.13. The van der Waals surface area contributed by atoms with Crippen molar-refractivity contribution in [3.05, 3.63) is 40.7 Å². The maximum Gasteiger partial charge on any atom is 0.337 e. The Bertz CT molecular complexity index is 672. The topological polar surface area (TPSA) is 105 Å². The van der Waals surface area contributed by atoms with E-state index < -0.39 is 17.7 Å². The second-order valence-electron chi connectivity index (χ2n) is 3.90. The third-order valence-corrected chi connectivity index (χ3v) is 3.12. The third kappa shape index (κ3) is 3.29. The van der Waals surface area contributed by atoms with Crippen LogP contribution >= 0.6 is 11.3 Å². The molecule has 2 aromatic rings. The molecule has 0 atom stereocenters. The summed E-state index contributed by atoms with van der Waals surface area (Å²) in [6.07, 6.45) is -0.0376. The van der Waals surface area contributed by atoms with Gasteiger partial charge in [0.25, 0.3) is 0 Å². The van der Waals surface area contributed by atoms with E-state index in [1.165, 1.54) is 17.4 Å². The first-order valence-corrected chi connectivity index (χ1v) is 6.36. The van der Waals surface area contributed by atoms with Crippen molar-refractivity contribution < 1.29 is 19.1 Å². The van der Waals surface area contributed by atoms with Crippen LogP contribution in [0, 0.1) is 5.82 Å². The normalized spacial score (nSPS) is 10.2. The van der Waals surface area contributed by atoms with Crippen molar-refractivity contribution in [1.82, 2.24) is 4.98 Å². The Morgan fingerprint density at radius 2 is 2.20 bits per heavy atom. The minimum atomic E-state index is -1.32. The average molecular weight is 295 g/mol. The highest BCUT2D eigenvalue weighted by molar-refractivity contribution is 7.13. The molecule has 0 bridgehead atoms. The van der Waals surface area contributed by atoms with Gasteiger partial charge in [-0.25, -0.2) is 14.2 Å². The molecule has 0 aliphatic rings. The van der Waals surface area contributed by atoms with E-state index in [0.29, 0.717) is 10.8 Å². The molecule has 20 heavy (non-hydrogen) atoms. The van der Waals surface area contributed by atoms with Crippen LogP contribution in [-0.2, 0) is 11.2 Å². The number of halogens is 1. The highest BCUT2D eigenvalue weighted by Gasteiger charge is 2.14. The number of carboxylic acids is 1. The van der Waals surface area contributed by atoms with E-state index >= 15 is 0 Å². The lowest BCUT2D eigenvalue weighted by molar-refractivity contribution is -0.115. The van der Waals surface area contributed by atoms with Crippen molar-refractivity contribution in [2.75, 3.05) is 11.1 Å². The van der Waals surface area contributed by atoms with Gasteiger partial charge in [-0.2, -0.15) is 0 Å². The Morgan fingerprint density at radius 3 is 2.80 bits per heavy atom. The van der Waals surface area contributed by atoms with Gasteiger partial charge in [-0.1, -0.05) is 0 Å². The zero-order valence-corrected chi connectivity index (χ0v) is 10.9. The number of aromatic nitrogens is 1. The molecule has 0 unspecified atom stereocenters. The van der Waals surface area contributed by atoms with E-state index in [0.717, 1.165) is 12.1 Å². The number of nitrogen functional groups attached to an aromatic ring is 1. The molecule has 0 aliphatic carbocycles. The van der Waals surface area contributed by atoms with Crippen LogP contribution in [0.5, 0.6) is 0 Å². The predicted molar refractivity (Wildman–Crippen MR) is 72.2 cm³/mol. The molecule has 0 saturated heterocycles. The summed E-state index contributed by atoms with van der Waals surface area (Å²) in [5.74, 6) is -2.46. The maximum absolute atomic E-state index is 13.0. The van der Waals surface area contributed by atoms with Crippen LogP contribution in [0.4, 0.5) is 15.2 Å². The monoisotopic (exact) mass is 295 g/mol. The summed E-state index contributed by atoms with van der Waals surface area (Å²) in [5.41, 5.74) is 5.66. The molecule has 1 heterocycles. The van der Waals surface area contributed by atoms with Gasteiger partial charge in [-0.3, -0.25) is 4.79 Å². The van der Waals surface area contributed by atoms with Crippen LogP contribution in [0.25, 0.3) is 0 Å². The first kappa shape index (κ1) is 13.9. The van der Waals surface area contributed by atoms with Gasteiger partial charge in [-0.05, 0) is 18.2 Å². The molecular weight excluding hydrogens is 285 g/mol. The number of hydrogen-bond donors (Lipinski definition) is 3. The molecule has 104 valence electrons. The molecule has 1 aromatic heterocycles. The molecule has 4 N–H and O–H groups in total. The van der Waals surface area contributed by atoms with Gasteiger partial charge in [0, 0.05) is 5.38 Å². The number of nitrogens with two attached hydrogens (primary N) is 1. The van der Waals surface area contributed by atoms with Gasteiger partial charge >= 0.3 is 5.97 Å². The summed E-state index contributed by atoms with van der Waals surface area (Å²) in [6, 6.07) is 3.12. The standard InChI is InChI=1S/C12H10FN3O3S/c13-6-1-2-9(8(3-6)11(18)19)16-10(17)4-7-5-20-12(14)15-7/h1-3,5H,4H2,(H2,14,15)(H,16,17)(H,18,19). The van der Waals surface area contributed by atoms with Gasteiger partial charge < -0.3 is 16.2 Å². The SMILES string of the molecule is Nc1nc(CC(=O)Nc2ccc(F)cc2C(=O)O)cs1. The molecule has 0 fully saturated rings. The van der Waals surface area contributed by atoms with E-state index in [1.807, 2.05) is 0 Å². The summed E-state index contributed by atoms with van der Waals surface area (Å²) in [4.78, 5) is 26.7. The summed E-state index contributed by atoms with van der Waals surface area (Å²) in [5, 5.41) is 13.3. The molecule has 0 radical (unpaired) electrons. The van der Waals surface area contributed by atoms with Gasteiger partial charge in [0.15, 0.2) is 5.13 Å². The number of anilines is 2. The lowest BCUT2D eigenvalue weighted by Crippen LogP contribution is -2.17. The number of carboxylic acid groups (broad SMARTS) is 1. The van der Waals surface area contributed by atoms with Gasteiger partial charge in [0.1, 0.15) is 5.82 Å². The predicted octanol–water partition coefficient (Wildman–Crippen LogP) is 1.74. The van der Waals surface area contributed by atoms with Gasteiger partial charge in [0.2, 0.25) is 5.91 Å². The van der Waals surface area contributed by atoms with Crippen molar-refractivity contribution in [3.8, 4) is 0 Å². The number of thiazole rings is 1. The smallest absolute Gasteiger partial charge is 0.337 e. The van der Waals surface area contributed by atoms with Crippen LogP contribution in [0.1, 0.15) is 16.1 Å². The van der Waals surface area contributed by atoms with Crippen molar-refractivity contribution in [2.45, 2.75) is 6.42 Å². The fourth-order valence-electron chi connectivity index (χ4n) is 1.57. The first-order chi connectivity index (χ1) is 9.45. The van der Waals surface area contributed by atoms with Gasteiger partial charge in [-0.15, -0.1) is 11.3 Å². The number of aromatic carboxylic acids is 1. The van der Waals surface area contributed by atoms with Crippen LogP contribution in [0.2, 0.25) is 0 Å². The summed E-state index contributed by atoms with van der Waals surface area (Å²) < 4.78 is 13.0. The Morgan fingerprint density at radius 1 is 1.45 bits per heavy atom. The third-order valence-electron chi connectivity index (χ3n) is 2.40.